The van der Waals surface area contributed by atoms with Gasteiger partial charge in [0.1, 0.15) is 11.5 Å². The minimum absolute atomic E-state index is 0.215. The Morgan fingerprint density at radius 2 is 2.29 bits per heavy atom. The van der Waals surface area contributed by atoms with E-state index >= 15 is 0 Å². The first-order valence-corrected chi connectivity index (χ1v) is 1.98. The lowest BCUT2D eigenvalue weighted by Gasteiger charge is -1.74. The lowest BCUT2D eigenvalue weighted by Crippen LogP contribution is -1.60. The molecule has 0 N–H and O–H groups in total. The van der Waals surface area contributed by atoms with Gasteiger partial charge in [-0.2, -0.15) is 0 Å². The van der Waals surface area contributed by atoms with Crippen molar-refractivity contribution in [1.29, 1.82) is 0 Å². The SMILES string of the molecule is C=NC=NC(=C)Cl. The quantitative estimate of drug-likeness (QED) is 0.296. The second kappa shape index (κ2) is 3.56. The maximum atomic E-state index is 5.18. The molecule has 0 aliphatic carbocycles. The predicted octanol–water partition coefficient (Wildman–Crippen LogP) is 1.43. The van der Waals surface area contributed by atoms with E-state index in [9.17, 15) is 0 Å². The molecule has 0 spiro atoms. The van der Waals surface area contributed by atoms with Crippen LogP contribution in [0.5, 0.6) is 0 Å². The summed E-state index contributed by atoms with van der Waals surface area (Å²) in [5.74, 6) is 0. The van der Waals surface area contributed by atoms with Crippen LogP contribution in [0.3, 0.4) is 0 Å². The number of halogens is 1. The van der Waals surface area contributed by atoms with Gasteiger partial charge >= 0.3 is 0 Å². The monoisotopic (exact) mass is 116 g/mol. The number of hydrogen-bond acceptors (Lipinski definition) is 1. The van der Waals surface area contributed by atoms with Crippen LogP contribution in [0.1, 0.15) is 0 Å². The van der Waals surface area contributed by atoms with Crippen molar-refractivity contribution < 1.29 is 0 Å². The van der Waals surface area contributed by atoms with Crippen LogP contribution in [0.2, 0.25) is 0 Å². The van der Waals surface area contributed by atoms with Crippen molar-refractivity contribution in [2.24, 2.45) is 9.98 Å². The van der Waals surface area contributed by atoms with Gasteiger partial charge in [0.2, 0.25) is 0 Å². The van der Waals surface area contributed by atoms with Crippen molar-refractivity contribution in [3.05, 3.63) is 11.7 Å². The molecule has 0 aliphatic rings. The molecule has 0 saturated heterocycles. The van der Waals surface area contributed by atoms with Crippen LogP contribution in [-0.2, 0) is 0 Å². The minimum atomic E-state index is 0.215. The molecule has 0 bridgehead atoms. The molecule has 0 unspecified atom stereocenters. The van der Waals surface area contributed by atoms with Gasteiger partial charge in [0.25, 0.3) is 0 Å². The maximum Gasteiger partial charge on any atom is 0.123 e. The summed E-state index contributed by atoms with van der Waals surface area (Å²) in [5.41, 5.74) is 0. The molecular formula is C4H5ClN2. The minimum Gasteiger partial charge on any atom is -0.253 e. The summed E-state index contributed by atoms with van der Waals surface area (Å²) in [7, 11) is 0. The Morgan fingerprint density at radius 3 is 2.43 bits per heavy atom. The van der Waals surface area contributed by atoms with Gasteiger partial charge in [-0.15, -0.1) is 0 Å². The highest BCUT2D eigenvalue weighted by Gasteiger charge is 1.69. The summed E-state index contributed by atoms with van der Waals surface area (Å²) in [6.07, 6.45) is 1.23. The van der Waals surface area contributed by atoms with Gasteiger partial charge < -0.3 is 0 Å². The Hall–Kier alpha value is -0.630. The molecule has 38 valence electrons. The van der Waals surface area contributed by atoms with Gasteiger partial charge in [0.15, 0.2) is 0 Å². The molecule has 0 saturated carbocycles. The van der Waals surface area contributed by atoms with Gasteiger partial charge in [-0.3, -0.25) is 4.99 Å². The highest BCUT2D eigenvalue weighted by molar-refractivity contribution is 6.29. The van der Waals surface area contributed by atoms with Crippen molar-refractivity contribution in [2.75, 3.05) is 0 Å². The molecule has 0 fully saturated rings. The molecule has 0 atom stereocenters. The standard InChI is InChI=1S/C4H5ClN2/c1-4(5)7-3-6-2/h3H,1-2H2. The number of rotatable bonds is 2. The van der Waals surface area contributed by atoms with E-state index in [1.165, 1.54) is 6.34 Å². The largest absolute Gasteiger partial charge is 0.253 e. The third-order valence-electron chi connectivity index (χ3n) is 0.279. The summed E-state index contributed by atoms with van der Waals surface area (Å²) in [4.78, 5) is 6.75. The van der Waals surface area contributed by atoms with Crippen molar-refractivity contribution >= 4 is 24.7 Å². The highest BCUT2D eigenvalue weighted by atomic mass is 35.5. The van der Waals surface area contributed by atoms with E-state index in [1.807, 2.05) is 0 Å². The molecule has 0 aromatic carbocycles. The fourth-order valence-electron chi connectivity index (χ4n) is 0.103. The number of nitrogens with zero attached hydrogens (tertiary/aromatic N) is 2. The van der Waals surface area contributed by atoms with Gasteiger partial charge in [-0.25, -0.2) is 4.99 Å². The molecule has 0 aliphatic heterocycles. The second-order valence-corrected chi connectivity index (χ2v) is 1.24. The average molecular weight is 117 g/mol. The summed E-state index contributed by atoms with van der Waals surface area (Å²) < 4.78 is 0. The Balaban J connectivity index is 3.46. The Labute approximate surface area is 47.2 Å². The van der Waals surface area contributed by atoms with E-state index in [0.29, 0.717) is 0 Å². The first-order chi connectivity index (χ1) is 3.27. The molecule has 3 heteroatoms. The summed E-state index contributed by atoms with van der Waals surface area (Å²) >= 11 is 5.18. The van der Waals surface area contributed by atoms with Crippen LogP contribution in [0.15, 0.2) is 21.7 Å². The number of aliphatic imine (C=N–C) groups is 2. The number of hydrogen-bond donors (Lipinski definition) is 0. The van der Waals surface area contributed by atoms with Gasteiger partial charge in [-0.1, -0.05) is 18.2 Å². The van der Waals surface area contributed by atoms with Crippen LogP contribution in [-0.4, -0.2) is 13.1 Å². The van der Waals surface area contributed by atoms with Crippen molar-refractivity contribution in [3.8, 4) is 0 Å². The zero-order valence-electron chi connectivity index (χ0n) is 3.76. The van der Waals surface area contributed by atoms with E-state index in [2.05, 4.69) is 23.3 Å². The van der Waals surface area contributed by atoms with E-state index in [1.54, 1.807) is 0 Å². The van der Waals surface area contributed by atoms with E-state index in [0.717, 1.165) is 0 Å². The summed E-state index contributed by atoms with van der Waals surface area (Å²) in [6, 6.07) is 0. The first kappa shape index (κ1) is 6.37. The van der Waals surface area contributed by atoms with Crippen LogP contribution >= 0.6 is 11.6 Å². The first-order valence-electron chi connectivity index (χ1n) is 1.60. The Kier molecular flexibility index (Phi) is 3.24. The third-order valence-corrected chi connectivity index (χ3v) is 0.377. The van der Waals surface area contributed by atoms with Crippen LogP contribution in [0, 0.1) is 0 Å². The molecule has 2 nitrogen and oxygen atoms in total. The fourth-order valence-corrected chi connectivity index (χ4v) is 0.147. The van der Waals surface area contributed by atoms with Gasteiger partial charge in [0.05, 0.1) is 0 Å². The molecule has 0 aromatic heterocycles. The second-order valence-electron chi connectivity index (χ2n) is 0.803. The Morgan fingerprint density at radius 1 is 1.71 bits per heavy atom. The lowest BCUT2D eigenvalue weighted by atomic mass is 11.0. The topological polar surface area (TPSA) is 24.7 Å². The van der Waals surface area contributed by atoms with Crippen molar-refractivity contribution in [2.45, 2.75) is 0 Å². The van der Waals surface area contributed by atoms with Crippen molar-refractivity contribution in [1.82, 2.24) is 0 Å². The third kappa shape index (κ3) is 5.37. The average Bonchev–Trinajstić information content (AvgIpc) is 1.61. The lowest BCUT2D eigenvalue weighted by molar-refractivity contribution is 1.53. The molecular weight excluding hydrogens is 112 g/mol. The van der Waals surface area contributed by atoms with E-state index in [-0.39, 0.29) is 5.16 Å². The molecule has 0 heterocycles. The van der Waals surface area contributed by atoms with Gasteiger partial charge in [0, 0.05) is 0 Å². The zero-order chi connectivity index (χ0) is 5.70. The molecule has 0 radical (unpaired) electrons. The molecule has 7 heavy (non-hydrogen) atoms. The summed E-state index contributed by atoms with van der Waals surface area (Å²) in [5, 5.41) is 0.215. The smallest absolute Gasteiger partial charge is 0.123 e. The molecule has 0 rings (SSSR count). The normalized spacial score (nSPS) is 9.29. The molecule has 0 amide bonds. The highest BCUT2D eigenvalue weighted by Crippen LogP contribution is 1.94. The predicted molar refractivity (Wildman–Crippen MR) is 33.0 cm³/mol. The van der Waals surface area contributed by atoms with Crippen LogP contribution < -0.4 is 0 Å². The van der Waals surface area contributed by atoms with Crippen LogP contribution in [0.4, 0.5) is 0 Å². The Bertz CT molecular complexity index is 106. The van der Waals surface area contributed by atoms with E-state index < -0.39 is 0 Å². The maximum absolute atomic E-state index is 5.18. The van der Waals surface area contributed by atoms with Crippen LogP contribution in [0.25, 0.3) is 0 Å². The van der Waals surface area contributed by atoms with Gasteiger partial charge in [-0.05, 0) is 6.72 Å². The van der Waals surface area contributed by atoms with Crippen molar-refractivity contribution in [3.63, 3.8) is 0 Å². The molecule has 0 aromatic rings. The summed E-state index contributed by atoms with van der Waals surface area (Å²) in [6.45, 7) is 6.41. The zero-order valence-corrected chi connectivity index (χ0v) is 4.52. The fraction of sp³-hybridized carbons (Fsp3) is 0. The van der Waals surface area contributed by atoms with E-state index in [4.69, 9.17) is 11.6 Å².